The van der Waals surface area contributed by atoms with Crippen molar-refractivity contribution in [2.75, 3.05) is 24.2 Å². The number of carbonyl (C=O) groups excluding carboxylic acids is 2. The highest BCUT2D eigenvalue weighted by Gasteiger charge is 2.35. The first kappa shape index (κ1) is 22.9. The van der Waals surface area contributed by atoms with Crippen molar-refractivity contribution in [2.24, 2.45) is 5.92 Å². The van der Waals surface area contributed by atoms with Gasteiger partial charge in [-0.25, -0.2) is 9.78 Å². The van der Waals surface area contributed by atoms with Crippen LogP contribution in [0.1, 0.15) is 52.4 Å². The molecular weight excluding hydrogens is 424 g/mol. The molecule has 1 aromatic heterocycles. The fourth-order valence-corrected chi connectivity index (χ4v) is 5.86. The molecular formula is C20H30N4O4S2. The van der Waals surface area contributed by atoms with Crippen molar-refractivity contribution in [3.63, 3.8) is 0 Å². The minimum absolute atomic E-state index is 0.0311. The Kier molecular flexibility index (Phi) is 7.99. The lowest BCUT2D eigenvalue weighted by molar-refractivity contribution is -0.134. The van der Waals surface area contributed by atoms with Gasteiger partial charge in [-0.05, 0) is 44.4 Å². The van der Waals surface area contributed by atoms with Gasteiger partial charge in [-0.2, -0.15) is 0 Å². The minimum atomic E-state index is -0.881. The number of piperidine rings is 1. The molecule has 0 unspecified atom stereocenters. The number of rotatable bonds is 6. The van der Waals surface area contributed by atoms with Gasteiger partial charge < -0.3 is 14.9 Å². The number of likely N-dealkylation sites (tertiary alicyclic amines) is 1. The van der Waals surface area contributed by atoms with E-state index in [2.05, 4.69) is 17.2 Å². The van der Waals surface area contributed by atoms with Crippen molar-refractivity contribution in [1.82, 2.24) is 14.8 Å². The first-order valence-electron chi connectivity index (χ1n) is 10.5. The van der Waals surface area contributed by atoms with E-state index in [1.54, 1.807) is 13.1 Å². The second kappa shape index (κ2) is 10.5. The summed E-state index contributed by atoms with van der Waals surface area (Å²) in [5.74, 6) is -0.131. The smallest absolute Gasteiger partial charge is 0.324 e. The second-order valence-corrected chi connectivity index (χ2v) is 10.5. The highest BCUT2D eigenvalue weighted by atomic mass is 32.2. The third-order valence-corrected chi connectivity index (χ3v) is 8.04. The van der Waals surface area contributed by atoms with Gasteiger partial charge >= 0.3 is 12.0 Å². The topological polar surface area (TPSA) is 103 Å². The van der Waals surface area contributed by atoms with Crippen molar-refractivity contribution in [1.29, 1.82) is 0 Å². The van der Waals surface area contributed by atoms with E-state index >= 15 is 0 Å². The van der Waals surface area contributed by atoms with Crippen LogP contribution in [0, 0.1) is 5.92 Å². The fourth-order valence-electron chi connectivity index (χ4n) is 4.28. The van der Waals surface area contributed by atoms with Gasteiger partial charge in [0.1, 0.15) is 0 Å². The minimum Gasteiger partial charge on any atom is -0.481 e. The lowest BCUT2D eigenvalue weighted by atomic mass is 9.85. The molecule has 2 heterocycles. The predicted octanol–water partition coefficient (Wildman–Crippen LogP) is 3.74. The molecule has 1 aromatic rings. The number of aliphatic carboxylic acids is 1. The maximum absolute atomic E-state index is 13.3. The molecule has 1 saturated heterocycles. The molecule has 3 amide bonds. The Hall–Kier alpha value is -1.81. The van der Waals surface area contributed by atoms with E-state index in [9.17, 15) is 14.4 Å². The molecule has 0 radical (unpaired) electrons. The lowest BCUT2D eigenvalue weighted by Crippen LogP contribution is -2.54. The Morgan fingerprint density at radius 2 is 1.83 bits per heavy atom. The molecule has 3 rings (SSSR count). The van der Waals surface area contributed by atoms with E-state index in [0.29, 0.717) is 24.1 Å². The van der Waals surface area contributed by atoms with Crippen molar-refractivity contribution in [3.8, 4) is 0 Å². The Bertz CT molecular complexity index is 756. The number of amides is 3. The number of nitrogens with zero attached hydrogens (tertiary/aromatic N) is 3. The summed E-state index contributed by atoms with van der Waals surface area (Å²) >= 11 is 2.49. The van der Waals surface area contributed by atoms with Crippen molar-refractivity contribution >= 4 is 46.1 Å². The number of hydrogen-bond acceptors (Lipinski definition) is 6. The van der Waals surface area contributed by atoms with Crippen LogP contribution in [-0.4, -0.2) is 68.7 Å². The van der Waals surface area contributed by atoms with Crippen LogP contribution in [0.25, 0.3) is 0 Å². The molecule has 8 nitrogen and oxygen atoms in total. The number of aromatic nitrogens is 1. The Morgan fingerprint density at radius 1 is 1.20 bits per heavy atom. The lowest BCUT2D eigenvalue weighted by Gasteiger charge is -2.44. The van der Waals surface area contributed by atoms with Crippen molar-refractivity contribution < 1.29 is 19.5 Å². The van der Waals surface area contributed by atoms with Crippen LogP contribution in [0.2, 0.25) is 0 Å². The van der Waals surface area contributed by atoms with Gasteiger partial charge in [0.15, 0.2) is 5.13 Å². The van der Waals surface area contributed by atoms with Gasteiger partial charge in [-0.15, -0.1) is 11.8 Å². The van der Waals surface area contributed by atoms with E-state index in [0.717, 1.165) is 42.7 Å². The standard InChI is InChI=1S/C20H30N4O4S2/c1-13-3-5-15(6-4-13)24(16-7-9-23(10-8-16)14(2)25)20(28)22-19-21-11-18(30-19)29-12-17(26)27/h11,13,15-16H,3-10,12H2,1-2H3,(H,26,27)(H,21,22,28)/t13-,15-. The molecule has 0 bridgehead atoms. The largest absolute Gasteiger partial charge is 0.481 e. The summed E-state index contributed by atoms with van der Waals surface area (Å²) in [6, 6.07) is 0.177. The highest BCUT2D eigenvalue weighted by Crippen LogP contribution is 2.32. The van der Waals surface area contributed by atoms with Gasteiger partial charge in [-0.3, -0.25) is 14.9 Å². The van der Waals surface area contributed by atoms with E-state index in [-0.39, 0.29) is 29.8 Å². The van der Waals surface area contributed by atoms with Gasteiger partial charge in [0.05, 0.1) is 16.2 Å². The number of nitrogens with one attached hydrogen (secondary N) is 1. The SMILES string of the molecule is CC(=O)N1CCC(N(C(=O)Nc2ncc(SCC(=O)O)s2)[C@H]2CC[C@H](C)CC2)CC1. The summed E-state index contributed by atoms with van der Waals surface area (Å²) in [7, 11) is 0. The Labute approximate surface area is 185 Å². The Morgan fingerprint density at radius 3 is 2.43 bits per heavy atom. The first-order chi connectivity index (χ1) is 14.3. The average Bonchev–Trinajstić information content (AvgIpc) is 3.16. The quantitative estimate of drug-likeness (QED) is 0.635. The van der Waals surface area contributed by atoms with Crippen molar-refractivity contribution in [2.45, 2.75) is 68.7 Å². The van der Waals surface area contributed by atoms with Gasteiger partial charge in [0.2, 0.25) is 5.91 Å². The van der Waals surface area contributed by atoms with Crippen LogP contribution in [0.3, 0.4) is 0 Å². The molecule has 2 fully saturated rings. The molecule has 166 valence electrons. The summed E-state index contributed by atoms with van der Waals surface area (Å²) in [6.07, 6.45) is 7.42. The van der Waals surface area contributed by atoms with E-state index in [1.807, 2.05) is 9.80 Å². The van der Waals surface area contributed by atoms with Crippen LogP contribution < -0.4 is 5.32 Å². The number of carboxylic acids is 1. The van der Waals surface area contributed by atoms with Crippen LogP contribution in [0.5, 0.6) is 0 Å². The van der Waals surface area contributed by atoms with Crippen molar-refractivity contribution in [3.05, 3.63) is 6.20 Å². The number of carboxylic acid groups (broad SMARTS) is 1. The van der Waals surface area contributed by atoms with E-state index in [4.69, 9.17) is 5.11 Å². The maximum Gasteiger partial charge on any atom is 0.324 e. The zero-order valence-corrected chi connectivity index (χ0v) is 19.1. The van der Waals surface area contributed by atoms with Gasteiger partial charge in [-0.1, -0.05) is 18.3 Å². The summed E-state index contributed by atoms with van der Waals surface area (Å²) in [5.41, 5.74) is 0. The molecule has 1 aliphatic heterocycles. The monoisotopic (exact) mass is 454 g/mol. The number of carbonyl (C=O) groups is 3. The number of hydrogen-bond donors (Lipinski definition) is 2. The van der Waals surface area contributed by atoms with Gasteiger partial charge in [0, 0.05) is 32.1 Å². The molecule has 1 saturated carbocycles. The summed E-state index contributed by atoms with van der Waals surface area (Å²) in [4.78, 5) is 43.8. The van der Waals surface area contributed by atoms with Gasteiger partial charge in [0.25, 0.3) is 0 Å². The van der Waals surface area contributed by atoms with Crippen LogP contribution >= 0.6 is 23.1 Å². The summed E-state index contributed by atoms with van der Waals surface area (Å²) < 4.78 is 0.764. The normalized spacial score (nSPS) is 22.5. The van der Waals surface area contributed by atoms with E-state index in [1.165, 1.54) is 23.1 Å². The molecule has 0 atom stereocenters. The molecule has 1 aliphatic carbocycles. The highest BCUT2D eigenvalue weighted by molar-refractivity contribution is 8.01. The predicted molar refractivity (Wildman–Crippen MR) is 118 cm³/mol. The molecule has 2 N–H and O–H groups in total. The van der Waals surface area contributed by atoms with Crippen LogP contribution in [0.15, 0.2) is 10.4 Å². The van der Waals surface area contributed by atoms with Crippen LogP contribution in [-0.2, 0) is 9.59 Å². The van der Waals surface area contributed by atoms with Crippen LogP contribution in [0.4, 0.5) is 9.93 Å². The summed E-state index contributed by atoms with van der Waals surface area (Å²) in [5, 5.41) is 12.3. The molecule has 0 aromatic carbocycles. The number of thioether (sulfide) groups is 1. The number of anilines is 1. The number of urea groups is 1. The maximum atomic E-state index is 13.3. The second-order valence-electron chi connectivity index (χ2n) is 8.16. The molecule has 0 spiro atoms. The third-order valence-electron chi connectivity index (χ3n) is 5.95. The zero-order valence-electron chi connectivity index (χ0n) is 17.5. The molecule has 30 heavy (non-hydrogen) atoms. The zero-order chi connectivity index (χ0) is 21.7. The fraction of sp³-hybridized carbons (Fsp3) is 0.700. The Balaban J connectivity index is 1.67. The number of thiazole rings is 1. The van der Waals surface area contributed by atoms with E-state index < -0.39 is 5.97 Å². The average molecular weight is 455 g/mol. The molecule has 10 heteroatoms. The first-order valence-corrected chi connectivity index (χ1v) is 12.3. The molecule has 2 aliphatic rings. The summed E-state index contributed by atoms with van der Waals surface area (Å²) in [6.45, 7) is 5.22. The third kappa shape index (κ3) is 6.10.